The molecule has 5 heteroatoms. The zero-order valence-corrected chi connectivity index (χ0v) is 13.0. The zero-order valence-electron chi connectivity index (χ0n) is 10.6. The first kappa shape index (κ1) is 13.6. The van der Waals surface area contributed by atoms with Crippen molar-refractivity contribution < 1.29 is 4.74 Å². The molecular weight excluding hydrogens is 298 g/mol. The Labute approximate surface area is 126 Å². The molecule has 1 aliphatic heterocycles. The molecule has 2 nitrogen and oxygen atoms in total. The number of hydrogen-bond donors (Lipinski definition) is 1. The van der Waals surface area contributed by atoms with E-state index in [2.05, 4.69) is 35.8 Å². The first-order chi connectivity index (χ1) is 9.24. The molecular formula is C14H16ClNOS2. The molecule has 0 aromatic carbocycles. The highest BCUT2D eigenvalue weighted by atomic mass is 35.5. The van der Waals surface area contributed by atoms with Crippen molar-refractivity contribution in [3.8, 4) is 0 Å². The van der Waals surface area contributed by atoms with Crippen LogP contribution in [0.2, 0.25) is 4.34 Å². The van der Waals surface area contributed by atoms with Crippen LogP contribution >= 0.6 is 34.3 Å². The van der Waals surface area contributed by atoms with Gasteiger partial charge in [-0.15, -0.1) is 22.7 Å². The third kappa shape index (κ3) is 3.03. The van der Waals surface area contributed by atoms with E-state index in [1.807, 2.05) is 6.07 Å². The minimum Gasteiger partial charge on any atom is -0.377 e. The van der Waals surface area contributed by atoms with Gasteiger partial charge in [0.2, 0.25) is 0 Å². The number of rotatable bonds is 4. The van der Waals surface area contributed by atoms with Crippen LogP contribution in [0.15, 0.2) is 29.6 Å². The predicted octanol–water partition coefficient (Wildman–Crippen LogP) is 4.32. The molecule has 3 rings (SSSR count). The smallest absolute Gasteiger partial charge is 0.0931 e. The largest absolute Gasteiger partial charge is 0.377 e. The van der Waals surface area contributed by atoms with E-state index in [0.717, 1.165) is 17.4 Å². The molecule has 2 aromatic rings. The molecule has 1 saturated heterocycles. The molecule has 0 spiro atoms. The van der Waals surface area contributed by atoms with E-state index in [4.69, 9.17) is 16.3 Å². The summed E-state index contributed by atoms with van der Waals surface area (Å²) >= 11 is 9.51. The maximum absolute atomic E-state index is 6.08. The van der Waals surface area contributed by atoms with Gasteiger partial charge in [0, 0.05) is 22.4 Å². The van der Waals surface area contributed by atoms with Crippen LogP contribution in [0.4, 0.5) is 0 Å². The van der Waals surface area contributed by atoms with Crippen molar-refractivity contribution in [2.45, 2.75) is 31.5 Å². The second-order valence-corrected chi connectivity index (χ2v) is 7.45. The van der Waals surface area contributed by atoms with Crippen molar-refractivity contribution in [3.05, 3.63) is 43.7 Å². The van der Waals surface area contributed by atoms with Crippen molar-refractivity contribution in [2.75, 3.05) is 6.61 Å². The Balaban J connectivity index is 1.84. The maximum atomic E-state index is 6.08. The van der Waals surface area contributed by atoms with Gasteiger partial charge in [-0.3, -0.25) is 5.32 Å². The molecule has 0 saturated carbocycles. The second kappa shape index (κ2) is 5.94. The molecule has 102 valence electrons. The fraction of sp³-hybridized carbons (Fsp3) is 0.429. The lowest BCUT2D eigenvalue weighted by molar-refractivity contribution is 0.112. The normalized spacial score (nSPS) is 24.7. The first-order valence-electron chi connectivity index (χ1n) is 6.40. The molecule has 3 heterocycles. The zero-order chi connectivity index (χ0) is 13.2. The van der Waals surface area contributed by atoms with Crippen LogP contribution < -0.4 is 5.32 Å². The summed E-state index contributed by atoms with van der Waals surface area (Å²) in [6.07, 6.45) is 1.35. The summed E-state index contributed by atoms with van der Waals surface area (Å²) in [5, 5.41) is 5.85. The molecule has 19 heavy (non-hydrogen) atoms. The summed E-state index contributed by atoms with van der Waals surface area (Å²) in [6, 6.07) is 9.00. The quantitative estimate of drug-likeness (QED) is 0.907. The second-order valence-electron chi connectivity index (χ2n) is 4.73. The Hall–Kier alpha value is -0.390. The highest BCUT2D eigenvalue weighted by molar-refractivity contribution is 7.16. The molecule has 0 radical (unpaired) electrons. The van der Waals surface area contributed by atoms with E-state index in [9.17, 15) is 0 Å². The van der Waals surface area contributed by atoms with Gasteiger partial charge >= 0.3 is 0 Å². The van der Waals surface area contributed by atoms with E-state index in [-0.39, 0.29) is 12.1 Å². The van der Waals surface area contributed by atoms with Gasteiger partial charge in [0.05, 0.1) is 16.5 Å². The van der Waals surface area contributed by atoms with Crippen molar-refractivity contribution in [1.29, 1.82) is 0 Å². The van der Waals surface area contributed by atoms with Crippen molar-refractivity contribution in [3.63, 3.8) is 0 Å². The fourth-order valence-electron chi connectivity index (χ4n) is 2.41. The van der Waals surface area contributed by atoms with Gasteiger partial charge in [-0.1, -0.05) is 17.7 Å². The third-order valence-electron chi connectivity index (χ3n) is 3.46. The van der Waals surface area contributed by atoms with Crippen LogP contribution in [0.5, 0.6) is 0 Å². The van der Waals surface area contributed by atoms with Gasteiger partial charge in [0.15, 0.2) is 0 Å². The molecule has 3 atom stereocenters. The lowest BCUT2D eigenvalue weighted by atomic mass is 10.1. The van der Waals surface area contributed by atoms with Crippen LogP contribution in [0.3, 0.4) is 0 Å². The Morgan fingerprint density at radius 1 is 1.37 bits per heavy atom. The number of halogens is 1. The molecule has 0 bridgehead atoms. The van der Waals surface area contributed by atoms with E-state index < -0.39 is 0 Å². The first-order valence-corrected chi connectivity index (χ1v) is 8.48. The summed E-state index contributed by atoms with van der Waals surface area (Å²) < 4.78 is 6.48. The van der Waals surface area contributed by atoms with E-state index >= 15 is 0 Å². The average molecular weight is 314 g/mol. The van der Waals surface area contributed by atoms with Gasteiger partial charge in [0.25, 0.3) is 0 Å². The number of hydrogen-bond acceptors (Lipinski definition) is 4. The van der Waals surface area contributed by atoms with Crippen LogP contribution in [-0.4, -0.2) is 18.8 Å². The Kier molecular flexibility index (Phi) is 4.24. The molecule has 1 fully saturated rings. The number of nitrogens with one attached hydrogen (secondary N) is 1. The summed E-state index contributed by atoms with van der Waals surface area (Å²) in [4.78, 5) is 2.60. The highest BCUT2D eigenvalue weighted by Gasteiger charge is 2.28. The van der Waals surface area contributed by atoms with Crippen molar-refractivity contribution in [2.24, 2.45) is 0 Å². The third-order valence-corrected chi connectivity index (χ3v) is 5.70. The molecule has 2 aromatic heterocycles. The molecule has 0 amide bonds. The van der Waals surface area contributed by atoms with Gasteiger partial charge in [0.1, 0.15) is 0 Å². The number of thiophene rings is 2. The van der Waals surface area contributed by atoms with Crippen molar-refractivity contribution in [1.82, 2.24) is 5.32 Å². The summed E-state index contributed by atoms with van der Waals surface area (Å²) in [5.74, 6) is 0. The van der Waals surface area contributed by atoms with Crippen LogP contribution in [0.25, 0.3) is 0 Å². The lowest BCUT2D eigenvalue weighted by Crippen LogP contribution is -2.37. The summed E-state index contributed by atoms with van der Waals surface area (Å²) in [5.41, 5.74) is 0. The predicted molar refractivity (Wildman–Crippen MR) is 82.4 cm³/mol. The Bertz CT molecular complexity index is 525. The SMILES string of the molecule is CC1OCCC1NC(c1cccs1)c1ccc(Cl)s1. The van der Waals surface area contributed by atoms with Crippen LogP contribution in [-0.2, 0) is 4.74 Å². The summed E-state index contributed by atoms with van der Waals surface area (Å²) in [7, 11) is 0. The lowest BCUT2D eigenvalue weighted by Gasteiger charge is -2.23. The van der Waals surface area contributed by atoms with E-state index in [0.29, 0.717) is 6.04 Å². The highest BCUT2D eigenvalue weighted by Crippen LogP contribution is 2.34. The maximum Gasteiger partial charge on any atom is 0.0931 e. The molecule has 1 N–H and O–H groups in total. The van der Waals surface area contributed by atoms with Gasteiger partial charge in [-0.25, -0.2) is 0 Å². The van der Waals surface area contributed by atoms with Gasteiger partial charge in [-0.2, -0.15) is 0 Å². The monoisotopic (exact) mass is 313 g/mol. The molecule has 0 aliphatic carbocycles. The minimum absolute atomic E-state index is 0.228. The molecule has 1 aliphatic rings. The average Bonchev–Trinajstić information content (AvgIpc) is 3.09. The van der Waals surface area contributed by atoms with E-state index in [1.54, 1.807) is 22.7 Å². The Morgan fingerprint density at radius 3 is 2.84 bits per heavy atom. The van der Waals surface area contributed by atoms with Gasteiger partial charge in [-0.05, 0) is 36.9 Å². The van der Waals surface area contributed by atoms with Gasteiger partial charge < -0.3 is 4.74 Å². The molecule has 3 unspecified atom stereocenters. The number of ether oxygens (including phenoxy) is 1. The Morgan fingerprint density at radius 2 is 2.26 bits per heavy atom. The van der Waals surface area contributed by atoms with E-state index in [1.165, 1.54) is 9.75 Å². The standard InChI is InChI=1S/C14H16ClNOS2/c1-9-10(6-7-17-9)16-14(11-3-2-8-18-11)12-4-5-13(15)19-12/h2-5,8-10,14,16H,6-7H2,1H3. The fourth-order valence-corrected chi connectivity index (χ4v) is 4.43. The minimum atomic E-state index is 0.228. The van der Waals surface area contributed by atoms with Crippen LogP contribution in [0.1, 0.15) is 29.1 Å². The summed E-state index contributed by atoms with van der Waals surface area (Å²) in [6.45, 7) is 2.98. The van der Waals surface area contributed by atoms with Crippen LogP contribution in [0, 0.1) is 0 Å². The van der Waals surface area contributed by atoms with Crippen molar-refractivity contribution >= 4 is 34.3 Å². The topological polar surface area (TPSA) is 21.3 Å².